The minimum Gasteiger partial charge on any atom is -0.316 e. The summed E-state index contributed by atoms with van der Waals surface area (Å²) in [7, 11) is 0. The lowest BCUT2D eigenvalue weighted by Crippen LogP contribution is -2.24. The number of rotatable bonds is 7. The van der Waals surface area contributed by atoms with Gasteiger partial charge in [0, 0.05) is 6.54 Å². The van der Waals surface area contributed by atoms with Crippen LogP contribution in [0.1, 0.15) is 37.8 Å². The molecule has 1 heterocycles. The van der Waals surface area contributed by atoms with Crippen LogP contribution in [-0.4, -0.2) is 27.9 Å². The van der Waals surface area contributed by atoms with Crippen molar-refractivity contribution in [3.8, 4) is 0 Å². The van der Waals surface area contributed by atoms with Gasteiger partial charge in [-0.3, -0.25) is 0 Å². The molecule has 0 aliphatic rings. The third-order valence-electron chi connectivity index (χ3n) is 3.36. The number of aromatic nitrogens is 3. The molecule has 1 aromatic carbocycles. The number of nitrogens with one attached hydrogen (secondary N) is 1. The van der Waals surface area contributed by atoms with Gasteiger partial charge in [-0.15, -0.1) is 0 Å². The Hall–Kier alpha value is -1.68. The molecule has 108 valence electrons. The minimum atomic E-state index is 0.536. The fourth-order valence-electron chi connectivity index (χ4n) is 2.16. The van der Waals surface area contributed by atoms with Gasteiger partial charge >= 0.3 is 0 Å². The lowest BCUT2D eigenvalue weighted by molar-refractivity contribution is 0.528. The molecule has 0 fully saturated rings. The molecule has 0 bridgehead atoms. The Balaban J connectivity index is 1.87. The molecule has 1 N–H and O–H groups in total. The highest BCUT2D eigenvalue weighted by Crippen LogP contribution is 2.15. The molecule has 0 saturated heterocycles. The number of hydrogen-bond donors (Lipinski definition) is 1. The van der Waals surface area contributed by atoms with E-state index in [4.69, 9.17) is 0 Å². The first-order chi connectivity index (χ1) is 9.65. The van der Waals surface area contributed by atoms with Crippen LogP contribution >= 0.6 is 0 Å². The van der Waals surface area contributed by atoms with Crippen molar-refractivity contribution in [2.75, 3.05) is 13.1 Å². The maximum atomic E-state index is 4.12. The van der Waals surface area contributed by atoms with Gasteiger partial charge in [0.05, 0.1) is 6.54 Å². The molecule has 1 atom stereocenters. The molecular weight excluding hydrogens is 248 g/mol. The van der Waals surface area contributed by atoms with Gasteiger partial charge in [-0.05, 0) is 29.5 Å². The Labute approximate surface area is 121 Å². The SMILES string of the molecule is CC(C)CNCC(C)c1ccc(Cn2cncn2)cc1. The van der Waals surface area contributed by atoms with Crippen LogP contribution in [-0.2, 0) is 6.54 Å². The highest BCUT2D eigenvalue weighted by Gasteiger charge is 2.05. The monoisotopic (exact) mass is 272 g/mol. The first-order valence-electron chi connectivity index (χ1n) is 7.27. The van der Waals surface area contributed by atoms with E-state index in [1.807, 2.05) is 4.68 Å². The van der Waals surface area contributed by atoms with Gasteiger partial charge in [0.25, 0.3) is 0 Å². The Morgan fingerprint density at radius 2 is 1.85 bits per heavy atom. The summed E-state index contributed by atoms with van der Waals surface area (Å²) in [5.41, 5.74) is 2.63. The first-order valence-corrected chi connectivity index (χ1v) is 7.27. The normalized spacial score (nSPS) is 12.8. The van der Waals surface area contributed by atoms with Crippen molar-refractivity contribution in [1.29, 1.82) is 0 Å². The standard InChI is InChI=1S/C16H24N4/c1-13(2)8-17-9-14(3)16-6-4-15(5-7-16)10-20-12-18-11-19-20/h4-7,11-14,17H,8-10H2,1-3H3. The van der Waals surface area contributed by atoms with Gasteiger partial charge in [-0.25, -0.2) is 9.67 Å². The van der Waals surface area contributed by atoms with Gasteiger partial charge in [-0.1, -0.05) is 45.0 Å². The molecule has 1 aromatic heterocycles. The Morgan fingerprint density at radius 1 is 1.10 bits per heavy atom. The third kappa shape index (κ3) is 4.46. The summed E-state index contributed by atoms with van der Waals surface area (Å²) in [4.78, 5) is 3.96. The Kier molecular flexibility index (Phi) is 5.30. The van der Waals surface area contributed by atoms with E-state index in [0.717, 1.165) is 19.6 Å². The highest BCUT2D eigenvalue weighted by molar-refractivity contribution is 5.25. The molecule has 1 unspecified atom stereocenters. The lowest BCUT2D eigenvalue weighted by atomic mass is 9.99. The van der Waals surface area contributed by atoms with E-state index in [1.54, 1.807) is 12.7 Å². The van der Waals surface area contributed by atoms with Crippen molar-refractivity contribution < 1.29 is 0 Å². The van der Waals surface area contributed by atoms with Crippen LogP contribution in [0.25, 0.3) is 0 Å². The summed E-state index contributed by atoms with van der Waals surface area (Å²) in [6.45, 7) is 9.61. The van der Waals surface area contributed by atoms with Crippen molar-refractivity contribution in [3.63, 3.8) is 0 Å². The van der Waals surface area contributed by atoms with E-state index >= 15 is 0 Å². The summed E-state index contributed by atoms with van der Waals surface area (Å²) in [5.74, 6) is 1.24. The zero-order valence-corrected chi connectivity index (χ0v) is 12.6. The van der Waals surface area contributed by atoms with Gasteiger partial charge in [-0.2, -0.15) is 5.10 Å². The summed E-state index contributed by atoms with van der Waals surface area (Å²) in [6.07, 6.45) is 3.31. The van der Waals surface area contributed by atoms with Crippen LogP contribution in [0, 0.1) is 5.92 Å². The van der Waals surface area contributed by atoms with Crippen LogP contribution < -0.4 is 5.32 Å². The summed E-state index contributed by atoms with van der Waals surface area (Å²) in [6, 6.07) is 8.79. The van der Waals surface area contributed by atoms with E-state index in [9.17, 15) is 0 Å². The molecule has 0 aliphatic carbocycles. The van der Waals surface area contributed by atoms with Crippen molar-refractivity contribution in [2.45, 2.75) is 33.2 Å². The van der Waals surface area contributed by atoms with Gasteiger partial charge in [0.2, 0.25) is 0 Å². The lowest BCUT2D eigenvalue weighted by Gasteiger charge is -2.15. The second-order valence-corrected chi connectivity index (χ2v) is 5.79. The number of hydrogen-bond acceptors (Lipinski definition) is 3. The van der Waals surface area contributed by atoms with Crippen LogP contribution in [0.3, 0.4) is 0 Å². The second-order valence-electron chi connectivity index (χ2n) is 5.79. The molecule has 0 aliphatic heterocycles. The summed E-state index contributed by atoms with van der Waals surface area (Å²) in [5, 5.41) is 7.63. The predicted molar refractivity (Wildman–Crippen MR) is 81.7 cm³/mol. The molecule has 0 radical (unpaired) electrons. The molecule has 0 saturated carbocycles. The molecule has 0 amide bonds. The average Bonchev–Trinajstić information content (AvgIpc) is 2.92. The zero-order chi connectivity index (χ0) is 14.4. The average molecular weight is 272 g/mol. The molecule has 2 rings (SSSR count). The number of benzene rings is 1. The Morgan fingerprint density at radius 3 is 2.45 bits per heavy atom. The smallest absolute Gasteiger partial charge is 0.137 e. The van der Waals surface area contributed by atoms with Crippen LogP contribution in [0.15, 0.2) is 36.9 Å². The maximum Gasteiger partial charge on any atom is 0.137 e. The van der Waals surface area contributed by atoms with Crippen LogP contribution in [0.2, 0.25) is 0 Å². The quantitative estimate of drug-likeness (QED) is 0.842. The number of nitrogens with zero attached hydrogens (tertiary/aromatic N) is 3. The van der Waals surface area contributed by atoms with Crippen molar-refractivity contribution in [2.24, 2.45) is 5.92 Å². The molecular formula is C16H24N4. The topological polar surface area (TPSA) is 42.7 Å². The molecule has 2 aromatic rings. The predicted octanol–water partition coefficient (Wildman–Crippen LogP) is 2.68. The fourth-order valence-corrected chi connectivity index (χ4v) is 2.16. The first kappa shape index (κ1) is 14.7. The van der Waals surface area contributed by atoms with E-state index in [-0.39, 0.29) is 0 Å². The van der Waals surface area contributed by atoms with Crippen molar-refractivity contribution in [1.82, 2.24) is 20.1 Å². The maximum absolute atomic E-state index is 4.12. The van der Waals surface area contributed by atoms with Gasteiger partial charge < -0.3 is 5.32 Å². The van der Waals surface area contributed by atoms with Gasteiger partial charge in [0.15, 0.2) is 0 Å². The minimum absolute atomic E-state index is 0.536. The third-order valence-corrected chi connectivity index (χ3v) is 3.36. The van der Waals surface area contributed by atoms with Gasteiger partial charge in [0.1, 0.15) is 12.7 Å². The van der Waals surface area contributed by atoms with Crippen molar-refractivity contribution in [3.05, 3.63) is 48.0 Å². The Bertz CT molecular complexity index is 488. The molecule has 20 heavy (non-hydrogen) atoms. The van der Waals surface area contributed by atoms with Crippen molar-refractivity contribution >= 4 is 0 Å². The van der Waals surface area contributed by atoms with Crippen LogP contribution in [0.5, 0.6) is 0 Å². The summed E-state index contributed by atoms with van der Waals surface area (Å²) >= 11 is 0. The molecule has 4 heteroatoms. The largest absolute Gasteiger partial charge is 0.316 e. The van der Waals surface area contributed by atoms with E-state index in [2.05, 4.69) is 60.4 Å². The van der Waals surface area contributed by atoms with Crippen LogP contribution in [0.4, 0.5) is 0 Å². The fraction of sp³-hybridized carbons (Fsp3) is 0.500. The van der Waals surface area contributed by atoms with E-state index < -0.39 is 0 Å². The second kappa shape index (κ2) is 7.20. The molecule has 4 nitrogen and oxygen atoms in total. The van der Waals surface area contributed by atoms with E-state index in [1.165, 1.54) is 11.1 Å². The zero-order valence-electron chi connectivity index (χ0n) is 12.6. The molecule has 0 spiro atoms. The highest BCUT2D eigenvalue weighted by atomic mass is 15.3. The summed E-state index contributed by atoms with van der Waals surface area (Å²) < 4.78 is 1.84. The van der Waals surface area contributed by atoms with E-state index in [0.29, 0.717) is 11.8 Å².